The number of rotatable bonds is 13. The minimum Gasteiger partial charge on any atom is -0.549 e. The number of benzene rings is 2. The molecule has 0 aliphatic carbocycles. The number of amides is 2. The maximum atomic E-state index is 12.6. The summed E-state index contributed by atoms with van der Waals surface area (Å²) in [4.78, 5) is 37.7. The summed E-state index contributed by atoms with van der Waals surface area (Å²) in [6.07, 6.45) is 2.52. The van der Waals surface area contributed by atoms with Crippen molar-refractivity contribution in [2.75, 3.05) is 18.8 Å². The average molecular weight is 537 g/mol. The average Bonchev–Trinajstić information content (AvgIpc) is 3.37. The third kappa shape index (κ3) is 11.4. The van der Waals surface area contributed by atoms with Gasteiger partial charge in [-0.25, -0.2) is 9.59 Å². The monoisotopic (exact) mass is 536 g/mol. The second-order valence-corrected chi connectivity index (χ2v) is 9.89. The van der Waals surface area contributed by atoms with Crippen LogP contribution >= 0.6 is 11.8 Å². The molecule has 1 saturated heterocycles. The molecule has 2 amide bonds. The van der Waals surface area contributed by atoms with Crippen LogP contribution in [0.2, 0.25) is 0 Å². The number of carboxylic acid groups (broad SMARTS) is 1. The van der Waals surface area contributed by atoms with Gasteiger partial charge in [-0.1, -0.05) is 67.1 Å². The largest absolute Gasteiger partial charge is 1.00 e. The molecular weight excluding hydrogens is 503 g/mol. The number of aliphatic carboxylic acids is 1. The second kappa shape index (κ2) is 17.3. The Morgan fingerprint density at radius 1 is 0.973 bits per heavy atom. The molecule has 1 fully saturated rings. The minimum atomic E-state index is -1.11. The van der Waals surface area contributed by atoms with Gasteiger partial charge in [0, 0.05) is 30.1 Å². The van der Waals surface area contributed by atoms with E-state index in [4.69, 9.17) is 9.47 Å². The summed E-state index contributed by atoms with van der Waals surface area (Å²) in [6, 6.07) is 18.9. The summed E-state index contributed by atoms with van der Waals surface area (Å²) in [5, 5.41) is 13.7. The van der Waals surface area contributed by atoms with Gasteiger partial charge in [-0.15, -0.1) is 0 Å². The van der Waals surface area contributed by atoms with Crippen LogP contribution in [0, 0.1) is 0 Å². The minimum absolute atomic E-state index is 0. The van der Waals surface area contributed by atoms with Crippen molar-refractivity contribution in [2.24, 2.45) is 0 Å². The third-order valence-electron chi connectivity index (χ3n) is 5.94. The number of nitrogens with zero attached hydrogens (tertiary/aromatic N) is 1. The van der Waals surface area contributed by atoms with Gasteiger partial charge in [0.15, 0.2) is 0 Å². The SMILES string of the molecule is O=C(NCCCCC(SCC1CCCN1C(=O)OCc1ccccc1)C(=O)[O-])OCc1ccccc1.[Na+]. The van der Waals surface area contributed by atoms with Crippen molar-refractivity contribution in [3.63, 3.8) is 0 Å². The first kappa shape index (κ1) is 31.0. The van der Waals surface area contributed by atoms with Gasteiger partial charge < -0.3 is 29.6 Å². The van der Waals surface area contributed by atoms with Gasteiger partial charge in [0.1, 0.15) is 13.2 Å². The van der Waals surface area contributed by atoms with Gasteiger partial charge in [-0.2, -0.15) is 11.8 Å². The summed E-state index contributed by atoms with van der Waals surface area (Å²) in [7, 11) is 0. The zero-order valence-corrected chi connectivity index (χ0v) is 24.1. The van der Waals surface area contributed by atoms with Crippen LogP contribution in [0.15, 0.2) is 60.7 Å². The van der Waals surface area contributed by atoms with Gasteiger partial charge in [0.05, 0.1) is 5.97 Å². The summed E-state index contributed by atoms with van der Waals surface area (Å²) in [5.41, 5.74) is 1.83. The van der Waals surface area contributed by atoms with E-state index in [1.165, 1.54) is 11.8 Å². The van der Waals surface area contributed by atoms with Gasteiger partial charge >= 0.3 is 41.7 Å². The van der Waals surface area contributed by atoms with Gasteiger partial charge in [-0.3, -0.25) is 0 Å². The van der Waals surface area contributed by atoms with Crippen LogP contribution in [0.5, 0.6) is 0 Å². The molecule has 0 bridgehead atoms. The summed E-state index contributed by atoms with van der Waals surface area (Å²) >= 11 is 1.31. The van der Waals surface area contributed by atoms with Crippen LogP contribution in [-0.2, 0) is 27.5 Å². The molecule has 1 heterocycles. The standard InChI is InChI=1S/C27H34N2O6S.Na/c30-25(31)24(15-7-8-16-28-26(32)34-18-21-10-3-1-4-11-21)36-20-23-14-9-17-29(23)27(33)35-19-22-12-5-2-6-13-22;/h1-6,10-13,23-24H,7-9,14-20H2,(H,28,32)(H,30,31);/q;+1/p-1. The number of alkyl carbamates (subject to hydrolysis) is 1. The predicted octanol–water partition coefficient (Wildman–Crippen LogP) is 0.740. The smallest absolute Gasteiger partial charge is 0.549 e. The van der Waals surface area contributed by atoms with E-state index in [-0.39, 0.29) is 54.9 Å². The Bertz CT molecular complexity index is 966. The summed E-state index contributed by atoms with van der Waals surface area (Å²) in [6.45, 7) is 1.43. The second-order valence-electron chi connectivity index (χ2n) is 8.65. The number of ether oxygens (including phenoxy) is 2. The predicted molar refractivity (Wildman–Crippen MR) is 136 cm³/mol. The zero-order valence-electron chi connectivity index (χ0n) is 21.3. The normalized spacial score (nSPS) is 15.4. The van der Waals surface area contributed by atoms with E-state index in [2.05, 4.69) is 5.32 Å². The van der Waals surface area contributed by atoms with Crippen LogP contribution in [0.4, 0.5) is 9.59 Å². The number of carboxylic acids is 1. The number of carbonyl (C=O) groups is 3. The van der Waals surface area contributed by atoms with E-state index in [9.17, 15) is 19.5 Å². The fourth-order valence-corrected chi connectivity index (χ4v) is 5.24. The molecule has 1 aliphatic heterocycles. The van der Waals surface area contributed by atoms with Crippen molar-refractivity contribution in [2.45, 2.75) is 56.6 Å². The summed E-state index contributed by atoms with van der Waals surface area (Å²) in [5.74, 6) is -0.588. The van der Waals surface area contributed by atoms with Gasteiger partial charge in [0.25, 0.3) is 0 Å². The molecular formula is C27H33N2NaO6S. The molecule has 10 heteroatoms. The Hall–Kier alpha value is -2.20. The first-order valence-corrected chi connectivity index (χ1v) is 13.3. The van der Waals surface area contributed by atoms with Crippen molar-refractivity contribution in [3.8, 4) is 0 Å². The molecule has 2 atom stereocenters. The molecule has 194 valence electrons. The molecule has 37 heavy (non-hydrogen) atoms. The number of likely N-dealkylation sites (tertiary alicyclic amines) is 1. The fourth-order valence-electron chi connectivity index (χ4n) is 3.97. The van der Waals surface area contributed by atoms with Crippen LogP contribution in [0.3, 0.4) is 0 Å². The van der Waals surface area contributed by atoms with E-state index in [1.807, 2.05) is 60.7 Å². The first-order chi connectivity index (χ1) is 17.5. The number of thioether (sulfide) groups is 1. The Balaban J connectivity index is 0.00000481. The topological polar surface area (TPSA) is 108 Å². The van der Waals surface area contributed by atoms with Crippen molar-refractivity contribution in [1.82, 2.24) is 10.2 Å². The molecule has 0 radical (unpaired) electrons. The third-order valence-corrected chi connectivity index (χ3v) is 7.35. The maximum absolute atomic E-state index is 12.6. The molecule has 3 rings (SSSR count). The van der Waals surface area contributed by atoms with E-state index < -0.39 is 17.3 Å². The Kier molecular flexibility index (Phi) is 14.5. The molecule has 2 unspecified atom stereocenters. The van der Waals surface area contributed by atoms with Crippen molar-refractivity contribution >= 4 is 29.9 Å². The van der Waals surface area contributed by atoms with Gasteiger partial charge in [0.2, 0.25) is 0 Å². The number of carbonyl (C=O) groups excluding carboxylic acids is 3. The van der Waals surface area contributed by atoms with E-state index >= 15 is 0 Å². The summed E-state index contributed by atoms with van der Waals surface area (Å²) < 4.78 is 10.6. The molecule has 0 aromatic heterocycles. The fraction of sp³-hybridized carbons (Fsp3) is 0.444. The van der Waals surface area contributed by atoms with E-state index in [0.29, 0.717) is 38.1 Å². The number of nitrogens with one attached hydrogen (secondary N) is 1. The van der Waals surface area contributed by atoms with E-state index in [1.54, 1.807) is 4.90 Å². The maximum Gasteiger partial charge on any atom is 1.00 e. The van der Waals surface area contributed by atoms with Gasteiger partial charge in [-0.05, 0) is 36.8 Å². The van der Waals surface area contributed by atoms with Crippen LogP contribution in [0.1, 0.15) is 43.2 Å². The quantitative estimate of drug-likeness (QED) is 0.297. The molecule has 8 nitrogen and oxygen atoms in total. The molecule has 1 aliphatic rings. The Morgan fingerprint density at radius 3 is 2.22 bits per heavy atom. The van der Waals surface area contributed by atoms with Crippen molar-refractivity contribution < 1.29 is 58.5 Å². The van der Waals surface area contributed by atoms with Crippen LogP contribution < -0.4 is 40.0 Å². The number of hydrogen-bond acceptors (Lipinski definition) is 7. The Morgan fingerprint density at radius 2 is 1.59 bits per heavy atom. The molecule has 1 N–H and O–H groups in total. The van der Waals surface area contributed by atoms with Crippen molar-refractivity contribution in [3.05, 3.63) is 71.8 Å². The van der Waals surface area contributed by atoms with E-state index in [0.717, 1.165) is 24.0 Å². The molecule has 2 aromatic rings. The number of hydrogen-bond donors (Lipinski definition) is 1. The molecule has 0 saturated carbocycles. The Labute approximate surface area is 244 Å². The van der Waals surface area contributed by atoms with Crippen LogP contribution in [-0.4, -0.2) is 53.2 Å². The molecule has 2 aromatic carbocycles. The van der Waals surface area contributed by atoms with Crippen molar-refractivity contribution in [1.29, 1.82) is 0 Å². The number of unbranched alkanes of at least 4 members (excludes halogenated alkanes) is 1. The van der Waals surface area contributed by atoms with Crippen LogP contribution in [0.25, 0.3) is 0 Å². The first-order valence-electron chi connectivity index (χ1n) is 12.3. The molecule has 0 spiro atoms. The zero-order chi connectivity index (χ0) is 25.6.